The van der Waals surface area contributed by atoms with Gasteiger partial charge in [0.1, 0.15) is 0 Å². The summed E-state index contributed by atoms with van der Waals surface area (Å²) in [6, 6.07) is 0. The van der Waals surface area contributed by atoms with Crippen molar-refractivity contribution in [3.8, 4) is 0 Å². The predicted octanol–water partition coefficient (Wildman–Crippen LogP) is 4.77. The van der Waals surface area contributed by atoms with Crippen LogP contribution in [0.15, 0.2) is 12.2 Å². The van der Waals surface area contributed by atoms with Gasteiger partial charge in [-0.3, -0.25) is 4.79 Å². The summed E-state index contributed by atoms with van der Waals surface area (Å²) in [6.45, 7) is 2.53. The minimum absolute atomic E-state index is 0.0965. The standard InChI is InChI=1S/C22H43NO4/c1-2-3-4-5-6-7-8-9-10-11-12-13-14-15-16-17-22(26)27-23(18-20-24)19-21-25/h9-10,24-25H,2-8,11-21H2,1H3/b10-9-. The molecular formula is C22H43NO4. The molecule has 0 bridgehead atoms. The van der Waals surface area contributed by atoms with Crippen molar-refractivity contribution < 1.29 is 19.8 Å². The van der Waals surface area contributed by atoms with Crippen LogP contribution in [0.2, 0.25) is 0 Å². The van der Waals surface area contributed by atoms with Crippen molar-refractivity contribution in [3.05, 3.63) is 12.2 Å². The number of aliphatic hydroxyl groups is 2. The van der Waals surface area contributed by atoms with Crippen LogP contribution in [0.25, 0.3) is 0 Å². The third kappa shape index (κ3) is 19.7. The van der Waals surface area contributed by atoms with E-state index >= 15 is 0 Å². The van der Waals surface area contributed by atoms with E-state index in [1.807, 2.05) is 0 Å². The van der Waals surface area contributed by atoms with Gasteiger partial charge in [-0.1, -0.05) is 70.4 Å². The average Bonchev–Trinajstić information content (AvgIpc) is 2.65. The zero-order valence-corrected chi connectivity index (χ0v) is 17.5. The maximum Gasteiger partial charge on any atom is 0.325 e. The van der Waals surface area contributed by atoms with Gasteiger partial charge in [0.15, 0.2) is 0 Å². The normalized spacial score (nSPS) is 11.6. The second-order valence-corrected chi connectivity index (χ2v) is 7.17. The fourth-order valence-electron chi connectivity index (χ4n) is 2.96. The summed E-state index contributed by atoms with van der Waals surface area (Å²) in [5.74, 6) is -0.283. The summed E-state index contributed by atoms with van der Waals surface area (Å²) in [4.78, 5) is 16.8. The highest BCUT2D eigenvalue weighted by molar-refractivity contribution is 5.68. The highest BCUT2D eigenvalue weighted by Crippen LogP contribution is 2.10. The Balaban J connectivity index is 3.38. The molecule has 0 aromatic rings. The molecule has 0 fully saturated rings. The highest BCUT2D eigenvalue weighted by Gasteiger charge is 2.10. The summed E-state index contributed by atoms with van der Waals surface area (Å²) in [5, 5.41) is 19.1. The number of carbonyl (C=O) groups is 1. The molecule has 0 spiro atoms. The Morgan fingerprint density at radius 2 is 1.26 bits per heavy atom. The first-order valence-corrected chi connectivity index (χ1v) is 11.1. The number of aliphatic hydroxyl groups excluding tert-OH is 2. The van der Waals surface area contributed by atoms with Gasteiger partial charge < -0.3 is 15.1 Å². The van der Waals surface area contributed by atoms with Crippen LogP contribution in [0.1, 0.15) is 96.8 Å². The van der Waals surface area contributed by atoms with Crippen molar-refractivity contribution in [3.63, 3.8) is 0 Å². The summed E-state index contributed by atoms with van der Waals surface area (Å²) in [6.07, 6.45) is 21.0. The molecule has 0 atom stereocenters. The molecule has 0 amide bonds. The summed E-state index contributed by atoms with van der Waals surface area (Å²) < 4.78 is 0. The van der Waals surface area contributed by atoms with Crippen LogP contribution < -0.4 is 0 Å². The largest absolute Gasteiger partial charge is 0.395 e. The topological polar surface area (TPSA) is 70.0 Å². The number of hydrogen-bond donors (Lipinski definition) is 2. The number of allylic oxidation sites excluding steroid dienone is 2. The van der Waals surface area contributed by atoms with Gasteiger partial charge in [0.2, 0.25) is 0 Å². The van der Waals surface area contributed by atoms with Gasteiger partial charge in [-0.15, -0.1) is 5.06 Å². The quantitative estimate of drug-likeness (QED) is 0.179. The smallest absolute Gasteiger partial charge is 0.325 e. The van der Waals surface area contributed by atoms with Crippen LogP contribution in [0, 0.1) is 0 Å². The first-order valence-electron chi connectivity index (χ1n) is 11.1. The van der Waals surface area contributed by atoms with Crippen molar-refractivity contribution in [1.82, 2.24) is 5.06 Å². The van der Waals surface area contributed by atoms with Gasteiger partial charge in [-0.05, 0) is 32.1 Å². The molecule has 0 aliphatic heterocycles. The van der Waals surface area contributed by atoms with Gasteiger partial charge in [-0.25, -0.2) is 0 Å². The minimum atomic E-state index is -0.283. The van der Waals surface area contributed by atoms with Crippen LogP contribution in [-0.2, 0) is 9.63 Å². The van der Waals surface area contributed by atoms with Gasteiger partial charge in [0.05, 0.1) is 26.3 Å². The van der Waals surface area contributed by atoms with Crippen molar-refractivity contribution in [2.24, 2.45) is 0 Å². The number of rotatable bonds is 20. The lowest BCUT2D eigenvalue weighted by molar-refractivity contribution is -0.194. The molecule has 2 N–H and O–H groups in total. The molecule has 5 nitrogen and oxygen atoms in total. The van der Waals surface area contributed by atoms with E-state index < -0.39 is 0 Å². The molecule has 0 rings (SSSR count). The van der Waals surface area contributed by atoms with Gasteiger partial charge in [0.25, 0.3) is 0 Å². The SMILES string of the molecule is CCCCCCCC/C=C\CCCCCCCC(=O)ON(CCO)CCO. The Morgan fingerprint density at radius 1 is 0.778 bits per heavy atom. The molecule has 0 heterocycles. The fourth-order valence-corrected chi connectivity index (χ4v) is 2.96. The van der Waals surface area contributed by atoms with E-state index in [4.69, 9.17) is 15.1 Å². The molecule has 5 heteroatoms. The molecule has 27 heavy (non-hydrogen) atoms. The van der Waals surface area contributed by atoms with Crippen LogP contribution in [0.3, 0.4) is 0 Å². The number of nitrogens with zero attached hydrogens (tertiary/aromatic N) is 1. The Hall–Kier alpha value is -0.910. The lowest BCUT2D eigenvalue weighted by atomic mass is 10.1. The molecule has 0 aliphatic rings. The molecule has 160 valence electrons. The highest BCUT2D eigenvalue weighted by atomic mass is 16.7. The van der Waals surface area contributed by atoms with Crippen LogP contribution in [-0.4, -0.2) is 47.5 Å². The van der Waals surface area contributed by atoms with Crippen LogP contribution >= 0.6 is 0 Å². The first kappa shape index (κ1) is 26.1. The van der Waals surface area contributed by atoms with E-state index in [2.05, 4.69) is 19.1 Å². The van der Waals surface area contributed by atoms with E-state index in [0.717, 1.165) is 25.7 Å². The summed E-state index contributed by atoms with van der Waals surface area (Å²) in [7, 11) is 0. The third-order valence-corrected chi connectivity index (χ3v) is 4.57. The minimum Gasteiger partial charge on any atom is -0.395 e. The number of hydrogen-bond acceptors (Lipinski definition) is 5. The second kappa shape index (κ2) is 21.4. The average molecular weight is 386 g/mol. The maximum absolute atomic E-state index is 11.7. The van der Waals surface area contributed by atoms with E-state index in [9.17, 15) is 4.79 Å². The molecule has 0 unspecified atom stereocenters. The van der Waals surface area contributed by atoms with Crippen molar-refractivity contribution in [1.29, 1.82) is 0 Å². The predicted molar refractivity (Wildman–Crippen MR) is 111 cm³/mol. The number of hydroxylamine groups is 2. The van der Waals surface area contributed by atoms with Crippen LogP contribution in [0.4, 0.5) is 0 Å². The van der Waals surface area contributed by atoms with E-state index in [-0.39, 0.29) is 32.3 Å². The lowest BCUT2D eigenvalue weighted by Crippen LogP contribution is -2.32. The van der Waals surface area contributed by atoms with E-state index in [0.29, 0.717) is 6.42 Å². The molecular weight excluding hydrogens is 342 g/mol. The van der Waals surface area contributed by atoms with E-state index in [1.54, 1.807) is 0 Å². The molecule has 0 saturated heterocycles. The zero-order chi connectivity index (χ0) is 20.0. The fraction of sp³-hybridized carbons (Fsp3) is 0.864. The lowest BCUT2D eigenvalue weighted by Gasteiger charge is -2.18. The van der Waals surface area contributed by atoms with Crippen molar-refractivity contribution in [2.45, 2.75) is 96.8 Å². The first-order chi connectivity index (χ1) is 13.2. The van der Waals surface area contributed by atoms with E-state index in [1.165, 1.54) is 62.9 Å². The Labute approximate surface area is 166 Å². The molecule has 0 saturated carbocycles. The Bertz CT molecular complexity index is 341. The van der Waals surface area contributed by atoms with Gasteiger partial charge in [0, 0.05) is 6.42 Å². The molecule has 0 aromatic heterocycles. The number of carbonyl (C=O) groups excluding carboxylic acids is 1. The monoisotopic (exact) mass is 385 g/mol. The van der Waals surface area contributed by atoms with Crippen LogP contribution in [0.5, 0.6) is 0 Å². The molecule has 0 aromatic carbocycles. The summed E-state index contributed by atoms with van der Waals surface area (Å²) in [5.41, 5.74) is 0. The number of unbranched alkanes of at least 4 members (excludes halogenated alkanes) is 11. The molecule has 0 aliphatic carbocycles. The second-order valence-electron chi connectivity index (χ2n) is 7.17. The zero-order valence-electron chi connectivity index (χ0n) is 17.5. The maximum atomic E-state index is 11.7. The third-order valence-electron chi connectivity index (χ3n) is 4.57. The summed E-state index contributed by atoms with van der Waals surface area (Å²) >= 11 is 0. The van der Waals surface area contributed by atoms with Crippen molar-refractivity contribution >= 4 is 5.97 Å². The van der Waals surface area contributed by atoms with Gasteiger partial charge >= 0.3 is 5.97 Å². The molecule has 0 radical (unpaired) electrons. The Morgan fingerprint density at radius 3 is 1.78 bits per heavy atom. The Kier molecular flexibility index (Phi) is 20.7. The van der Waals surface area contributed by atoms with Crippen molar-refractivity contribution in [2.75, 3.05) is 26.3 Å². The van der Waals surface area contributed by atoms with Gasteiger partial charge in [-0.2, -0.15) is 0 Å².